The summed E-state index contributed by atoms with van der Waals surface area (Å²) < 4.78 is 0. The molecular formula is C15H19NO3. The van der Waals surface area contributed by atoms with Gasteiger partial charge in [0.2, 0.25) is 0 Å². The summed E-state index contributed by atoms with van der Waals surface area (Å²) >= 11 is 0. The van der Waals surface area contributed by atoms with E-state index in [9.17, 15) is 9.59 Å². The van der Waals surface area contributed by atoms with Crippen LogP contribution < -0.4 is 0 Å². The Morgan fingerprint density at radius 3 is 2.53 bits per heavy atom. The van der Waals surface area contributed by atoms with E-state index in [1.807, 2.05) is 4.90 Å². The number of carboxylic acid groups (broad SMARTS) is 1. The summed E-state index contributed by atoms with van der Waals surface area (Å²) in [6, 6.07) is 6.25. The molecule has 2 atom stereocenters. The first kappa shape index (κ1) is 13.6. The number of aromatic carboxylic acids is 1. The minimum absolute atomic E-state index is 0.0677. The first-order chi connectivity index (χ1) is 8.99. The van der Waals surface area contributed by atoms with E-state index in [1.54, 1.807) is 12.1 Å². The van der Waals surface area contributed by atoms with Gasteiger partial charge in [-0.3, -0.25) is 4.79 Å². The second-order valence-corrected chi connectivity index (χ2v) is 5.38. The van der Waals surface area contributed by atoms with Crippen LogP contribution in [0.5, 0.6) is 0 Å². The van der Waals surface area contributed by atoms with Crippen LogP contribution in [-0.2, 0) is 0 Å². The van der Waals surface area contributed by atoms with Crippen LogP contribution >= 0.6 is 0 Å². The molecule has 4 heteroatoms. The molecule has 1 saturated heterocycles. The van der Waals surface area contributed by atoms with E-state index in [0.717, 1.165) is 19.5 Å². The molecule has 2 rings (SSSR count). The maximum absolute atomic E-state index is 12.4. The smallest absolute Gasteiger partial charge is 0.335 e. The molecular weight excluding hydrogens is 242 g/mol. The van der Waals surface area contributed by atoms with Crippen LogP contribution in [-0.4, -0.2) is 35.0 Å². The zero-order chi connectivity index (χ0) is 14.0. The van der Waals surface area contributed by atoms with E-state index in [4.69, 9.17) is 5.11 Å². The van der Waals surface area contributed by atoms with Crippen molar-refractivity contribution in [3.8, 4) is 0 Å². The lowest BCUT2D eigenvalue weighted by atomic mass is 9.88. The van der Waals surface area contributed by atoms with E-state index in [2.05, 4.69) is 13.8 Å². The van der Waals surface area contributed by atoms with Crippen molar-refractivity contribution in [3.05, 3.63) is 35.4 Å². The fourth-order valence-electron chi connectivity index (χ4n) is 2.42. The minimum atomic E-state index is -1.00. The zero-order valence-electron chi connectivity index (χ0n) is 11.3. The Balaban J connectivity index is 2.16. The molecule has 1 aliphatic heterocycles. The summed E-state index contributed by atoms with van der Waals surface area (Å²) in [7, 11) is 0. The molecule has 0 spiro atoms. The van der Waals surface area contributed by atoms with Crippen LogP contribution in [0.25, 0.3) is 0 Å². The summed E-state index contributed by atoms with van der Waals surface area (Å²) in [6.45, 7) is 5.86. The van der Waals surface area contributed by atoms with Gasteiger partial charge in [0.05, 0.1) is 5.56 Å². The Morgan fingerprint density at radius 1 is 1.21 bits per heavy atom. The van der Waals surface area contributed by atoms with Gasteiger partial charge in [0, 0.05) is 18.7 Å². The van der Waals surface area contributed by atoms with Gasteiger partial charge in [0.1, 0.15) is 0 Å². The number of carbonyl (C=O) groups excluding carboxylic acids is 1. The number of hydrogen-bond donors (Lipinski definition) is 1. The molecule has 0 aromatic heterocycles. The Hall–Kier alpha value is -1.84. The molecule has 1 N–H and O–H groups in total. The van der Waals surface area contributed by atoms with Crippen LogP contribution in [0.3, 0.4) is 0 Å². The second-order valence-electron chi connectivity index (χ2n) is 5.38. The van der Waals surface area contributed by atoms with E-state index in [0.29, 0.717) is 17.4 Å². The highest BCUT2D eigenvalue weighted by atomic mass is 16.4. The maximum atomic E-state index is 12.4. The highest BCUT2D eigenvalue weighted by Gasteiger charge is 2.26. The van der Waals surface area contributed by atoms with E-state index < -0.39 is 5.97 Å². The number of amides is 1. The van der Waals surface area contributed by atoms with E-state index >= 15 is 0 Å². The summed E-state index contributed by atoms with van der Waals surface area (Å²) in [6.07, 6.45) is 1.01. The number of rotatable bonds is 2. The molecule has 1 fully saturated rings. The minimum Gasteiger partial charge on any atom is -0.478 e. The van der Waals surface area contributed by atoms with Crippen molar-refractivity contribution >= 4 is 11.9 Å². The van der Waals surface area contributed by atoms with Gasteiger partial charge in [-0.2, -0.15) is 0 Å². The van der Waals surface area contributed by atoms with E-state index in [1.165, 1.54) is 12.1 Å². The third kappa shape index (κ3) is 2.95. The lowest BCUT2D eigenvalue weighted by Gasteiger charge is -2.35. The summed E-state index contributed by atoms with van der Waals surface area (Å²) in [5.41, 5.74) is 0.617. The maximum Gasteiger partial charge on any atom is 0.335 e. The Morgan fingerprint density at radius 2 is 1.89 bits per heavy atom. The molecule has 1 amide bonds. The number of carbonyl (C=O) groups is 2. The normalized spacial score (nSPS) is 23.2. The Bertz CT molecular complexity index is 498. The number of benzene rings is 1. The van der Waals surface area contributed by atoms with Crippen LogP contribution in [0.15, 0.2) is 24.3 Å². The molecule has 19 heavy (non-hydrogen) atoms. The molecule has 0 aliphatic carbocycles. The van der Waals surface area contributed by atoms with Gasteiger partial charge in [0.15, 0.2) is 0 Å². The number of likely N-dealkylation sites (tertiary alicyclic amines) is 1. The first-order valence-corrected chi connectivity index (χ1v) is 6.61. The molecule has 4 nitrogen and oxygen atoms in total. The number of nitrogens with zero attached hydrogens (tertiary/aromatic N) is 1. The van der Waals surface area contributed by atoms with Crippen molar-refractivity contribution in [2.75, 3.05) is 13.1 Å². The van der Waals surface area contributed by atoms with Gasteiger partial charge >= 0.3 is 5.97 Å². The molecule has 2 unspecified atom stereocenters. The van der Waals surface area contributed by atoms with Crippen LogP contribution in [0.4, 0.5) is 0 Å². The predicted octanol–water partition coefficient (Wildman–Crippen LogP) is 2.50. The van der Waals surface area contributed by atoms with Crippen molar-refractivity contribution in [1.82, 2.24) is 4.90 Å². The summed E-state index contributed by atoms with van der Waals surface area (Å²) in [4.78, 5) is 25.1. The summed E-state index contributed by atoms with van der Waals surface area (Å²) in [5, 5.41) is 8.95. The zero-order valence-corrected chi connectivity index (χ0v) is 11.3. The predicted molar refractivity (Wildman–Crippen MR) is 72.2 cm³/mol. The van der Waals surface area contributed by atoms with Crippen molar-refractivity contribution in [2.45, 2.75) is 20.3 Å². The van der Waals surface area contributed by atoms with Crippen LogP contribution in [0.2, 0.25) is 0 Å². The summed E-state index contributed by atoms with van der Waals surface area (Å²) in [5.74, 6) is 0.0481. The largest absolute Gasteiger partial charge is 0.478 e. The van der Waals surface area contributed by atoms with Gasteiger partial charge in [-0.05, 0) is 36.5 Å². The number of piperidine rings is 1. The lowest BCUT2D eigenvalue weighted by molar-refractivity contribution is 0.0627. The average Bonchev–Trinajstić information content (AvgIpc) is 2.41. The molecule has 1 aromatic rings. The first-order valence-electron chi connectivity index (χ1n) is 6.61. The van der Waals surface area contributed by atoms with Crippen LogP contribution in [0, 0.1) is 11.8 Å². The molecule has 0 bridgehead atoms. The second kappa shape index (κ2) is 5.43. The monoisotopic (exact) mass is 261 g/mol. The fourth-order valence-corrected chi connectivity index (χ4v) is 2.42. The average molecular weight is 261 g/mol. The van der Waals surface area contributed by atoms with Crippen molar-refractivity contribution < 1.29 is 14.7 Å². The number of carboxylic acids is 1. The van der Waals surface area contributed by atoms with Gasteiger partial charge in [0.25, 0.3) is 5.91 Å². The standard InChI is InChI=1S/C15H19NO3/c1-10-6-7-16(9-11(10)2)14(17)12-4-3-5-13(8-12)15(18)19/h3-5,8,10-11H,6-7,9H2,1-2H3,(H,18,19). The van der Waals surface area contributed by atoms with Crippen molar-refractivity contribution in [3.63, 3.8) is 0 Å². The third-order valence-electron chi connectivity index (χ3n) is 3.98. The van der Waals surface area contributed by atoms with Crippen LogP contribution in [0.1, 0.15) is 41.0 Å². The SMILES string of the molecule is CC1CCN(C(=O)c2cccc(C(=O)O)c2)CC1C. The molecule has 1 heterocycles. The van der Waals surface area contributed by atoms with Gasteiger partial charge in [-0.25, -0.2) is 4.79 Å². The third-order valence-corrected chi connectivity index (χ3v) is 3.98. The van der Waals surface area contributed by atoms with Gasteiger partial charge < -0.3 is 10.0 Å². The lowest BCUT2D eigenvalue weighted by Crippen LogP contribution is -2.42. The quantitative estimate of drug-likeness (QED) is 0.889. The van der Waals surface area contributed by atoms with E-state index in [-0.39, 0.29) is 11.5 Å². The van der Waals surface area contributed by atoms with Crippen molar-refractivity contribution in [1.29, 1.82) is 0 Å². The highest BCUT2D eigenvalue weighted by molar-refractivity contribution is 5.97. The topological polar surface area (TPSA) is 57.6 Å². The molecule has 1 aromatic carbocycles. The Labute approximate surface area is 113 Å². The Kier molecular flexibility index (Phi) is 3.88. The molecule has 102 valence electrons. The number of hydrogen-bond acceptors (Lipinski definition) is 2. The van der Waals surface area contributed by atoms with Gasteiger partial charge in [-0.15, -0.1) is 0 Å². The molecule has 0 saturated carbocycles. The molecule has 0 radical (unpaired) electrons. The van der Waals surface area contributed by atoms with Crippen molar-refractivity contribution in [2.24, 2.45) is 11.8 Å². The highest BCUT2D eigenvalue weighted by Crippen LogP contribution is 2.23. The molecule has 1 aliphatic rings. The van der Waals surface area contributed by atoms with Gasteiger partial charge in [-0.1, -0.05) is 19.9 Å². The fraction of sp³-hybridized carbons (Fsp3) is 0.467.